The molecule has 4 nitrogen and oxygen atoms in total. The highest BCUT2D eigenvalue weighted by Crippen LogP contribution is 2.40. The van der Waals surface area contributed by atoms with E-state index in [4.69, 9.17) is 5.73 Å². The van der Waals surface area contributed by atoms with Crippen LogP contribution in [-0.2, 0) is 18.4 Å². The maximum Gasteiger partial charge on any atom is 0.140 e. The molecule has 0 bridgehead atoms. The van der Waals surface area contributed by atoms with Gasteiger partial charge >= 0.3 is 0 Å². The summed E-state index contributed by atoms with van der Waals surface area (Å²) in [5, 5.41) is 8.89. The summed E-state index contributed by atoms with van der Waals surface area (Å²) >= 11 is 0. The lowest BCUT2D eigenvalue weighted by molar-refractivity contribution is 0.357. The lowest BCUT2D eigenvalue weighted by Crippen LogP contribution is -2.36. The van der Waals surface area contributed by atoms with Crippen molar-refractivity contribution in [1.29, 1.82) is 0 Å². The molecule has 1 aliphatic heterocycles. The van der Waals surface area contributed by atoms with Gasteiger partial charge in [0, 0.05) is 24.9 Å². The maximum absolute atomic E-state index is 6.04. The summed E-state index contributed by atoms with van der Waals surface area (Å²) in [5.74, 6) is 3.11. The van der Waals surface area contributed by atoms with Gasteiger partial charge in [-0.15, -0.1) is 10.2 Å². The Morgan fingerprint density at radius 3 is 2.82 bits per heavy atom. The average Bonchev–Trinajstić information content (AvgIpc) is 2.94. The molecule has 94 valence electrons. The number of hydrogen-bond acceptors (Lipinski definition) is 3. The van der Waals surface area contributed by atoms with Crippen molar-refractivity contribution < 1.29 is 0 Å². The minimum atomic E-state index is 0.131. The Morgan fingerprint density at radius 2 is 2.12 bits per heavy atom. The summed E-state index contributed by atoms with van der Waals surface area (Å²) in [6.45, 7) is 4.10. The van der Waals surface area contributed by atoms with E-state index in [1.54, 1.807) is 0 Å². The fraction of sp³-hybridized carbons (Fsp3) is 0.846. The molecule has 2 aliphatic rings. The van der Waals surface area contributed by atoms with E-state index in [9.17, 15) is 0 Å². The normalized spacial score (nSPS) is 27.1. The van der Waals surface area contributed by atoms with Crippen molar-refractivity contribution in [3.05, 3.63) is 11.6 Å². The summed E-state index contributed by atoms with van der Waals surface area (Å²) < 4.78 is 2.36. The van der Waals surface area contributed by atoms with Gasteiger partial charge in [-0.3, -0.25) is 0 Å². The molecule has 1 aromatic rings. The summed E-state index contributed by atoms with van der Waals surface area (Å²) in [6, 6.07) is 0. The molecule has 0 radical (unpaired) electrons. The van der Waals surface area contributed by atoms with Gasteiger partial charge in [-0.2, -0.15) is 0 Å². The highest BCUT2D eigenvalue weighted by atomic mass is 15.3. The maximum atomic E-state index is 6.04. The van der Waals surface area contributed by atoms with Crippen LogP contribution in [0.4, 0.5) is 0 Å². The molecule has 0 saturated heterocycles. The van der Waals surface area contributed by atoms with E-state index >= 15 is 0 Å². The molecule has 0 amide bonds. The zero-order valence-electron chi connectivity index (χ0n) is 10.7. The van der Waals surface area contributed by atoms with Gasteiger partial charge < -0.3 is 10.3 Å². The third-order valence-electron chi connectivity index (χ3n) is 4.63. The number of nitrogens with two attached hydrogens (primary N) is 1. The molecule has 1 fully saturated rings. The Kier molecular flexibility index (Phi) is 2.69. The fourth-order valence-electron chi connectivity index (χ4n) is 3.45. The molecule has 0 aromatic carbocycles. The van der Waals surface area contributed by atoms with Crippen molar-refractivity contribution in [2.24, 2.45) is 11.7 Å². The second-order valence-electron chi connectivity index (χ2n) is 5.88. The molecule has 1 unspecified atom stereocenters. The molecule has 2 heterocycles. The van der Waals surface area contributed by atoms with Crippen LogP contribution in [0.3, 0.4) is 0 Å². The summed E-state index contributed by atoms with van der Waals surface area (Å²) in [6.07, 6.45) is 7.28. The molecule has 1 aromatic heterocycles. The third-order valence-corrected chi connectivity index (χ3v) is 4.63. The van der Waals surface area contributed by atoms with E-state index in [0.29, 0.717) is 0 Å². The van der Waals surface area contributed by atoms with E-state index < -0.39 is 0 Å². The number of aromatic nitrogens is 3. The minimum absolute atomic E-state index is 0.131. The first-order chi connectivity index (χ1) is 8.25. The fourth-order valence-corrected chi connectivity index (χ4v) is 3.45. The topological polar surface area (TPSA) is 56.7 Å². The second-order valence-corrected chi connectivity index (χ2v) is 5.88. The van der Waals surface area contributed by atoms with Crippen LogP contribution in [0.15, 0.2) is 0 Å². The van der Waals surface area contributed by atoms with E-state index in [1.165, 1.54) is 43.8 Å². The molecule has 3 rings (SSSR count). The van der Waals surface area contributed by atoms with Crippen LogP contribution >= 0.6 is 0 Å². The zero-order chi connectivity index (χ0) is 11.9. The molecule has 1 atom stereocenters. The predicted molar refractivity (Wildman–Crippen MR) is 66.7 cm³/mol. The van der Waals surface area contributed by atoms with Gasteiger partial charge in [0.2, 0.25) is 0 Å². The highest BCUT2D eigenvalue weighted by molar-refractivity contribution is 5.15. The number of nitrogens with zero attached hydrogens (tertiary/aromatic N) is 3. The molecular formula is C13H22N4. The molecule has 0 spiro atoms. The first kappa shape index (κ1) is 11.2. The van der Waals surface area contributed by atoms with Crippen LogP contribution < -0.4 is 5.73 Å². The van der Waals surface area contributed by atoms with E-state index in [-0.39, 0.29) is 5.41 Å². The SMILES string of the molecule is CC1CCn2c(nnc2C2(CN)CCCC2)C1. The van der Waals surface area contributed by atoms with E-state index in [1.807, 2.05) is 0 Å². The highest BCUT2D eigenvalue weighted by Gasteiger charge is 2.40. The van der Waals surface area contributed by atoms with Crippen LogP contribution in [0.5, 0.6) is 0 Å². The Hall–Kier alpha value is -0.900. The Labute approximate surface area is 103 Å². The molecule has 2 N–H and O–H groups in total. The van der Waals surface area contributed by atoms with E-state index in [2.05, 4.69) is 21.7 Å². The van der Waals surface area contributed by atoms with Crippen LogP contribution in [0.25, 0.3) is 0 Å². The van der Waals surface area contributed by atoms with Gasteiger partial charge in [-0.05, 0) is 25.2 Å². The number of hydrogen-bond donors (Lipinski definition) is 1. The van der Waals surface area contributed by atoms with Gasteiger partial charge in [0.25, 0.3) is 0 Å². The van der Waals surface area contributed by atoms with Gasteiger partial charge in [0.15, 0.2) is 0 Å². The van der Waals surface area contributed by atoms with Crippen LogP contribution in [0, 0.1) is 5.92 Å². The minimum Gasteiger partial charge on any atom is -0.329 e. The van der Waals surface area contributed by atoms with E-state index in [0.717, 1.165) is 25.4 Å². The van der Waals surface area contributed by atoms with Crippen molar-refractivity contribution >= 4 is 0 Å². The lowest BCUT2D eigenvalue weighted by Gasteiger charge is -2.29. The molecule has 17 heavy (non-hydrogen) atoms. The molecule has 1 saturated carbocycles. The third kappa shape index (κ3) is 1.69. The summed E-state index contributed by atoms with van der Waals surface area (Å²) in [5.41, 5.74) is 6.17. The van der Waals surface area contributed by atoms with Gasteiger partial charge in [-0.1, -0.05) is 19.8 Å². The number of rotatable bonds is 2. The quantitative estimate of drug-likeness (QED) is 0.846. The van der Waals surface area contributed by atoms with Gasteiger partial charge in [-0.25, -0.2) is 0 Å². The van der Waals surface area contributed by atoms with Crippen molar-refractivity contribution in [2.45, 2.75) is 57.4 Å². The predicted octanol–water partition coefficient (Wildman–Crippen LogP) is 1.63. The van der Waals surface area contributed by atoms with Crippen molar-refractivity contribution in [1.82, 2.24) is 14.8 Å². The second kappa shape index (κ2) is 4.09. The largest absolute Gasteiger partial charge is 0.329 e. The van der Waals surface area contributed by atoms with Crippen molar-refractivity contribution in [3.63, 3.8) is 0 Å². The molecular weight excluding hydrogens is 212 g/mol. The first-order valence-corrected chi connectivity index (χ1v) is 6.88. The molecule has 1 aliphatic carbocycles. The first-order valence-electron chi connectivity index (χ1n) is 6.88. The van der Waals surface area contributed by atoms with Crippen molar-refractivity contribution in [3.8, 4) is 0 Å². The van der Waals surface area contributed by atoms with Gasteiger partial charge in [0.05, 0.1) is 0 Å². The monoisotopic (exact) mass is 234 g/mol. The van der Waals surface area contributed by atoms with Crippen molar-refractivity contribution in [2.75, 3.05) is 6.54 Å². The zero-order valence-corrected chi connectivity index (χ0v) is 10.7. The van der Waals surface area contributed by atoms with Gasteiger partial charge in [0.1, 0.15) is 11.6 Å². The van der Waals surface area contributed by atoms with Crippen LogP contribution in [0.1, 0.15) is 50.7 Å². The Bertz CT molecular complexity index is 404. The van der Waals surface area contributed by atoms with Crippen LogP contribution in [-0.4, -0.2) is 21.3 Å². The Balaban J connectivity index is 1.98. The average molecular weight is 234 g/mol. The lowest BCUT2D eigenvalue weighted by atomic mass is 9.85. The Morgan fingerprint density at radius 1 is 1.35 bits per heavy atom. The number of fused-ring (bicyclic) bond motifs is 1. The standard InChI is InChI=1S/C13H22N4/c1-10-4-7-17-11(8-10)15-16-12(17)13(9-14)5-2-3-6-13/h10H,2-9,14H2,1H3. The summed E-state index contributed by atoms with van der Waals surface area (Å²) in [7, 11) is 0. The summed E-state index contributed by atoms with van der Waals surface area (Å²) in [4.78, 5) is 0. The molecule has 4 heteroatoms. The van der Waals surface area contributed by atoms with Crippen LogP contribution in [0.2, 0.25) is 0 Å². The smallest absolute Gasteiger partial charge is 0.140 e.